The molecular weight excluding hydrogens is 442 g/mol. The summed E-state index contributed by atoms with van der Waals surface area (Å²) < 4.78 is 36.7. The molecule has 2 aromatic carbocycles. The Labute approximate surface area is 186 Å². The maximum Gasteiger partial charge on any atom is 0.339 e. The van der Waals surface area contributed by atoms with Crippen LogP contribution in [0.5, 0.6) is 0 Å². The van der Waals surface area contributed by atoms with E-state index in [-0.39, 0.29) is 29.5 Å². The van der Waals surface area contributed by atoms with Crippen LogP contribution in [0.25, 0.3) is 0 Å². The van der Waals surface area contributed by atoms with Crippen molar-refractivity contribution in [3.63, 3.8) is 0 Å². The third-order valence-corrected chi connectivity index (χ3v) is 5.12. The third-order valence-electron chi connectivity index (χ3n) is 4.05. The number of carbonyl (C=O) groups is 3. The van der Waals surface area contributed by atoms with Crippen molar-refractivity contribution < 1.29 is 32.3 Å². The van der Waals surface area contributed by atoms with Gasteiger partial charge in [0.05, 0.1) is 29.8 Å². The van der Waals surface area contributed by atoms with Gasteiger partial charge in [-0.1, -0.05) is 12.1 Å². The van der Waals surface area contributed by atoms with Crippen LogP contribution in [-0.2, 0) is 20.9 Å². The van der Waals surface area contributed by atoms with Gasteiger partial charge in [-0.15, -0.1) is 11.8 Å². The molecule has 166 valence electrons. The number of hydrogen-bond donors (Lipinski definition) is 2. The number of halogens is 2. The lowest BCUT2D eigenvalue weighted by Crippen LogP contribution is -2.24. The van der Waals surface area contributed by atoms with E-state index >= 15 is 0 Å². The molecule has 3 aromatic rings. The Morgan fingerprint density at radius 2 is 1.81 bits per heavy atom. The van der Waals surface area contributed by atoms with Crippen molar-refractivity contribution in [2.24, 2.45) is 0 Å². The molecular formula is C22H18F2N2O5S. The molecule has 0 aliphatic heterocycles. The summed E-state index contributed by atoms with van der Waals surface area (Å²) in [6.45, 7) is -0.419. The predicted octanol–water partition coefficient (Wildman–Crippen LogP) is 3.76. The zero-order valence-corrected chi connectivity index (χ0v) is 17.4. The molecule has 0 atom stereocenters. The summed E-state index contributed by atoms with van der Waals surface area (Å²) in [5, 5.41) is 4.90. The first-order valence-corrected chi connectivity index (χ1v) is 10.3. The van der Waals surface area contributed by atoms with Gasteiger partial charge in [0.2, 0.25) is 5.91 Å². The second-order valence-corrected chi connectivity index (χ2v) is 7.41. The fraction of sp³-hybridized carbons (Fsp3) is 0.136. The minimum Gasteiger partial charge on any atom is -0.467 e. The minimum atomic E-state index is -0.947. The van der Waals surface area contributed by atoms with Crippen LogP contribution in [0.1, 0.15) is 16.1 Å². The van der Waals surface area contributed by atoms with Crippen molar-refractivity contribution >= 4 is 35.2 Å². The second kappa shape index (κ2) is 11.1. The van der Waals surface area contributed by atoms with E-state index in [0.29, 0.717) is 16.7 Å². The topological polar surface area (TPSA) is 97.6 Å². The summed E-state index contributed by atoms with van der Waals surface area (Å²) in [6, 6.07) is 12.6. The Balaban J connectivity index is 1.50. The molecule has 0 spiro atoms. The fourth-order valence-corrected chi connectivity index (χ4v) is 3.41. The average Bonchev–Trinajstić information content (AvgIpc) is 3.30. The summed E-state index contributed by atoms with van der Waals surface area (Å²) >= 11 is 1.13. The van der Waals surface area contributed by atoms with E-state index in [1.54, 1.807) is 30.3 Å². The molecule has 2 amide bonds. The quantitative estimate of drug-likeness (QED) is 0.373. The van der Waals surface area contributed by atoms with Crippen LogP contribution in [0.15, 0.2) is 70.2 Å². The summed E-state index contributed by atoms with van der Waals surface area (Å²) in [5.74, 6) is -2.88. The van der Waals surface area contributed by atoms with Gasteiger partial charge >= 0.3 is 5.97 Å². The fourth-order valence-electron chi connectivity index (χ4n) is 2.54. The van der Waals surface area contributed by atoms with Gasteiger partial charge in [-0.05, 0) is 36.4 Å². The number of carbonyl (C=O) groups excluding carboxylic acids is 3. The minimum absolute atomic E-state index is 0.0509. The second-order valence-electron chi connectivity index (χ2n) is 6.39. The lowest BCUT2D eigenvalue weighted by atomic mass is 10.2. The Bertz CT molecular complexity index is 1110. The van der Waals surface area contributed by atoms with Crippen molar-refractivity contribution in [3.8, 4) is 0 Å². The van der Waals surface area contributed by atoms with E-state index < -0.39 is 30.1 Å². The SMILES string of the molecule is O=C(CSc1ccccc1C(=O)OCC(=O)Nc1ccc(F)cc1F)NCc1ccco1. The largest absolute Gasteiger partial charge is 0.467 e. The lowest BCUT2D eigenvalue weighted by Gasteiger charge is -2.10. The van der Waals surface area contributed by atoms with Gasteiger partial charge in [-0.25, -0.2) is 13.6 Å². The van der Waals surface area contributed by atoms with Gasteiger partial charge in [0.1, 0.15) is 17.4 Å². The first-order chi connectivity index (χ1) is 15.4. The maximum atomic E-state index is 13.6. The van der Waals surface area contributed by atoms with Crippen molar-refractivity contribution in [1.82, 2.24) is 5.32 Å². The average molecular weight is 460 g/mol. The number of furan rings is 1. The Morgan fingerprint density at radius 3 is 2.56 bits per heavy atom. The van der Waals surface area contributed by atoms with Crippen LogP contribution < -0.4 is 10.6 Å². The van der Waals surface area contributed by atoms with Crippen molar-refractivity contribution in [3.05, 3.63) is 83.8 Å². The number of anilines is 1. The van der Waals surface area contributed by atoms with Crippen LogP contribution in [0.2, 0.25) is 0 Å². The summed E-state index contributed by atoms with van der Waals surface area (Å²) in [6.07, 6.45) is 1.51. The molecule has 0 bridgehead atoms. The van der Waals surface area contributed by atoms with Gasteiger partial charge in [-0.2, -0.15) is 0 Å². The molecule has 2 N–H and O–H groups in total. The normalized spacial score (nSPS) is 10.4. The monoisotopic (exact) mass is 460 g/mol. The lowest BCUT2D eigenvalue weighted by molar-refractivity contribution is -0.119. The number of esters is 1. The molecule has 1 aromatic heterocycles. The van der Waals surface area contributed by atoms with Gasteiger partial charge < -0.3 is 19.8 Å². The number of amides is 2. The van der Waals surface area contributed by atoms with Crippen LogP contribution in [0, 0.1) is 11.6 Å². The Hall–Kier alpha value is -3.66. The first-order valence-electron chi connectivity index (χ1n) is 9.35. The van der Waals surface area contributed by atoms with Crippen molar-refractivity contribution in [1.29, 1.82) is 0 Å². The number of rotatable bonds is 9. The molecule has 3 rings (SSSR count). The van der Waals surface area contributed by atoms with E-state index in [0.717, 1.165) is 23.9 Å². The molecule has 0 fully saturated rings. The van der Waals surface area contributed by atoms with Gasteiger partial charge in [0.15, 0.2) is 6.61 Å². The predicted molar refractivity (Wildman–Crippen MR) is 113 cm³/mol. The highest BCUT2D eigenvalue weighted by molar-refractivity contribution is 8.00. The highest BCUT2D eigenvalue weighted by atomic mass is 32.2. The van der Waals surface area contributed by atoms with Crippen LogP contribution in [0.3, 0.4) is 0 Å². The standard InChI is InChI=1S/C22H18F2N2O5S/c23-14-7-8-18(17(24)10-14)26-20(27)12-31-22(29)16-5-1-2-6-19(16)32-13-21(28)25-11-15-4-3-9-30-15/h1-10H,11-13H2,(H,25,28)(H,26,27). The highest BCUT2D eigenvalue weighted by Crippen LogP contribution is 2.23. The number of hydrogen-bond acceptors (Lipinski definition) is 6. The first kappa shape index (κ1) is 23.0. The van der Waals surface area contributed by atoms with Gasteiger partial charge in [0, 0.05) is 11.0 Å². The van der Waals surface area contributed by atoms with Crippen LogP contribution in [0.4, 0.5) is 14.5 Å². The molecule has 7 nitrogen and oxygen atoms in total. The van der Waals surface area contributed by atoms with E-state index in [1.807, 2.05) is 0 Å². The number of benzene rings is 2. The summed E-state index contributed by atoms with van der Waals surface area (Å²) in [5.41, 5.74) is -0.0546. The molecule has 10 heteroatoms. The van der Waals surface area contributed by atoms with Crippen molar-refractivity contribution in [2.75, 3.05) is 17.7 Å². The molecule has 0 unspecified atom stereocenters. The molecule has 0 saturated heterocycles. The van der Waals surface area contributed by atoms with Crippen LogP contribution >= 0.6 is 11.8 Å². The smallest absolute Gasteiger partial charge is 0.339 e. The van der Waals surface area contributed by atoms with E-state index in [1.165, 1.54) is 12.3 Å². The molecule has 0 aliphatic carbocycles. The number of thioether (sulfide) groups is 1. The van der Waals surface area contributed by atoms with Gasteiger partial charge in [-0.3, -0.25) is 9.59 Å². The number of ether oxygens (including phenoxy) is 1. The molecule has 0 aliphatic rings. The van der Waals surface area contributed by atoms with E-state index in [2.05, 4.69) is 10.6 Å². The maximum absolute atomic E-state index is 13.6. The molecule has 32 heavy (non-hydrogen) atoms. The molecule has 1 heterocycles. The zero-order valence-electron chi connectivity index (χ0n) is 16.6. The van der Waals surface area contributed by atoms with Crippen molar-refractivity contribution in [2.45, 2.75) is 11.4 Å². The molecule has 0 radical (unpaired) electrons. The van der Waals surface area contributed by atoms with E-state index in [9.17, 15) is 23.2 Å². The Kier molecular flexibility index (Phi) is 7.98. The summed E-state index contributed by atoms with van der Waals surface area (Å²) in [4.78, 5) is 36.9. The third kappa shape index (κ3) is 6.67. The number of nitrogens with one attached hydrogen (secondary N) is 2. The Morgan fingerprint density at radius 1 is 1.00 bits per heavy atom. The van der Waals surface area contributed by atoms with Crippen LogP contribution in [-0.4, -0.2) is 30.1 Å². The highest BCUT2D eigenvalue weighted by Gasteiger charge is 2.16. The summed E-state index contributed by atoms with van der Waals surface area (Å²) in [7, 11) is 0. The zero-order chi connectivity index (χ0) is 22.9. The van der Waals surface area contributed by atoms with E-state index in [4.69, 9.17) is 9.15 Å². The molecule has 0 saturated carbocycles. The van der Waals surface area contributed by atoms with Gasteiger partial charge in [0.25, 0.3) is 5.91 Å².